The monoisotopic (exact) mass is 450 g/mol. The molecule has 1 aromatic carbocycles. The number of hydrogen-bond acceptors (Lipinski definition) is 10. The lowest BCUT2D eigenvalue weighted by Crippen LogP contribution is -2.44. The van der Waals surface area contributed by atoms with Crippen molar-refractivity contribution >= 4 is 39.7 Å². The normalized spacial score (nSPS) is 14.0. The van der Waals surface area contributed by atoms with E-state index in [1.54, 1.807) is 24.3 Å². The van der Waals surface area contributed by atoms with Gasteiger partial charge in [-0.3, -0.25) is 4.79 Å². The van der Waals surface area contributed by atoms with E-state index in [2.05, 4.69) is 48.5 Å². The molecule has 11 heteroatoms. The third-order valence-electron chi connectivity index (χ3n) is 4.75. The highest BCUT2D eigenvalue weighted by Gasteiger charge is 2.18. The second-order valence-corrected chi connectivity index (χ2v) is 8.29. The number of rotatable bonds is 6. The molecule has 3 aromatic rings. The second-order valence-electron chi connectivity index (χ2n) is 7.26. The number of amides is 1. The number of anilines is 4. The molecule has 1 aliphatic heterocycles. The van der Waals surface area contributed by atoms with E-state index in [4.69, 9.17) is 10.00 Å². The number of nitrogens with one attached hydrogen (secondary N) is 2. The molecule has 1 amide bonds. The Kier molecular flexibility index (Phi) is 6.44. The van der Waals surface area contributed by atoms with Gasteiger partial charge in [-0.1, -0.05) is 11.3 Å². The van der Waals surface area contributed by atoms with Crippen LogP contribution in [0.1, 0.15) is 11.8 Å². The van der Waals surface area contributed by atoms with Crippen molar-refractivity contribution in [3.8, 4) is 17.8 Å². The van der Waals surface area contributed by atoms with E-state index in [0.717, 1.165) is 32.0 Å². The van der Waals surface area contributed by atoms with Crippen LogP contribution in [-0.4, -0.2) is 59.0 Å². The van der Waals surface area contributed by atoms with Crippen LogP contribution in [-0.2, 0) is 4.79 Å². The van der Waals surface area contributed by atoms with Gasteiger partial charge in [-0.25, -0.2) is 4.98 Å². The number of aromatic nitrogens is 3. The van der Waals surface area contributed by atoms with Gasteiger partial charge >= 0.3 is 6.01 Å². The summed E-state index contributed by atoms with van der Waals surface area (Å²) in [6.45, 7) is 5.01. The minimum absolute atomic E-state index is 0.140. The van der Waals surface area contributed by atoms with Crippen molar-refractivity contribution in [1.82, 2.24) is 19.9 Å². The molecule has 10 nitrogen and oxygen atoms in total. The zero-order valence-electron chi connectivity index (χ0n) is 17.7. The van der Waals surface area contributed by atoms with Gasteiger partial charge in [0.2, 0.25) is 5.91 Å². The van der Waals surface area contributed by atoms with Crippen LogP contribution in [0.4, 0.5) is 22.5 Å². The minimum atomic E-state index is -0.140. The summed E-state index contributed by atoms with van der Waals surface area (Å²) in [5.74, 6) is 1.68. The maximum absolute atomic E-state index is 11.2. The number of carbonyl (C=O) groups is 1. The first kappa shape index (κ1) is 21.5. The van der Waals surface area contributed by atoms with Crippen LogP contribution in [0.25, 0.3) is 0 Å². The van der Waals surface area contributed by atoms with E-state index in [1.165, 1.54) is 24.5 Å². The number of ether oxygens (including phenoxy) is 1. The molecule has 1 fully saturated rings. The van der Waals surface area contributed by atoms with Crippen molar-refractivity contribution in [2.75, 3.05) is 48.8 Å². The van der Waals surface area contributed by atoms with Gasteiger partial charge in [-0.2, -0.15) is 15.2 Å². The minimum Gasteiger partial charge on any atom is -0.424 e. The topological polar surface area (TPSA) is 119 Å². The lowest BCUT2D eigenvalue weighted by molar-refractivity contribution is -0.114. The summed E-state index contributed by atoms with van der Waals surface area (Å²) >= 11 is 1.25. The Morgan fingerprint density at radius 3 is 2.59 bits per heavy atom. The number of carbonyl (C=O) groups excluding carboxylic acids is 1. The van der Waals surface area contributed by atoms with Crippen LogP contribution < -0.4 is 20.3 Å². The Hall–Kier alpha value is -3.75. The highest BCUT2D eigenvalue weighted by atomic mass is 32.1. The predicted molar refractivity (Wildman–Crippen MR) is 123 cm³/mol. The van der Waals surface area contributed by atoms with Crippen molar-refractivity contribution in [1.29, 1.82) is 5.26 Å². The molecule has 3 heterocycles. The van der Waals surface area contributed by atoms with Crippen LogP contribution >= 0.6 is 11.3 Å². The highest BCUT2D eigenvalue weighted by Crippen LogP contribution is 2.28. The Bertz CT molecular complexity index is 1130. The summed E-state index contributed by atoms with van der Waals surface area (Å²) in [6, 6.07) is 11.1. The van der Waals surface area contributed by atoms with Gasteiger partial charge in [0.15, 0.2) is 5.13 Å². The Balaban J connectivity index is 1.58. The fourth-order valence-electron chi connectivity index (χ4n) is 3.13. The summed E-state index contributed by atoms with van der Waals surface area (Å²) in [5.41, 5.74) is 0.677. The van der Waals surface area contributed by atoms with E-state index in [0.29, 0.717) is 27.3 Å². The average molecular weight is 451 g/mol. The molecule has 1 saturated heterocycles. The molecule has 32 heavy (non-hydrogen) atoms. The Labute approximate surface area is 189 Å². The van der Waals surface area contributed by atoms with Gasteiger partial charge in [0.25, 0.3) is 0 Å². The van der Waals surface area contributed by atoms with Gasteiger partial charge in [0.1, 0.15) is 28.3 Å². The van der Waals surface area contributed by atoms with Crippen LogP contribution in [0.15, 0.2) is 36.5 Å². The highest BCUT2D eigenvalue weighted by molar-refractivity contribution is 7.16. The molecular weight excluding hydrogens is 428 g/mol. The summed E-state index contributed by atoms with van der Waals surface area (Å²) in [7, 11) is 2.10. The molecule has 0 unspecified atom stereocenters. The number of nitriles is 1. The first-order valence-electron chi connectivity index (χ1n) is 9.99. The third-order valence-corrected chi connectivity index (χ3v) is 5.57. The van der Waals surface area contributed by atoms with Gasteiger partial charge in [-0.15, -0.1) is 0 Å². The van der Waals surface area contributed by atoms with Gasteiger partial charge in [0, 0.05) is 44.9 Å². The van der Waals surface area contributed by atoms with Crippen LogP contribution in [0.3, 0.4) is 0 Å². The number of piperazine rings is 1. The quantitative estimate of drug-likeness (QED) is 0.584. The van der Waals surface area contributed by atoms with E-state index in [9.17, 15) is 4.79 Å². The fraction of sp³-hybridized carbons (Fsp3) is 0.286. The number of benzene rings is 1. The van der Waals surface area contributed by atoms with Gasteiger partial charge < -0.3 is 25.2 Å². The predicted octanol–water partition coefficient (Wildman–Crippen LogP) is 3.05. The summed E-state index contributed by atoms with van der Waals surface area (Å²) in [4.78, 5) is 29.5. The first-order valence-corrected chi connectivity index (χ1v) is 10.8. The summed E-state index contributed by atoms with van der Waals surface area (Å²) < 4.78 is 5.91. The van der Waals surface area contributed by atoms with Crippen molar-refractivity contribution in [2.45, 2.75) is 6.92 Å². The molecule has 0 aliphatic carbocycles. The van der Waals surface area contributed by atoms with Crippen molar-refractivity contribution in [3.05, 3.63) is 41.4 Å². The number of thiazole rings is 1. The lowest BCUT2D eigenvalue weighted by Gasteiger charge is -2.33. The van der Waals surface area contributed by atoms with Crippen molar-refractivity contribution in [3.63, 3.8) is 0 Å². The molecular formula is C21H22N8O2S. The lowest BCUT2D eigenvalue weighted by atomic mass is 10.3. The SMILES string of the molecule is CC(=O)Nc1ccc(Oc2nc(Nc3ncc(C#N)s3)cc(N3CCN(C)CC3)n2)cc1. The number of hydrogen-bond donors (Lipinski definition) is 2. The average Bonchev–Trinajstić information content (AvgIpc) is 3.22. The molecule has 2 N–H and O–H groups in total. The van der Waals surface area contributed by atoms with Crippen LogP contribution in [0.2, 0.25) is 0 Å². The summed E-state index contributed by atoms with van der Waals surface area (Å²) in [5, 5.41) is 15.5. The fourth-order valence-corrected chi connectivity index (χ4v) is 3.75. The summed E-state index contributed by atoms with van der Waals surface area (Å²) in [6.07, 6.45) is 1.52. The smallest absolute Gasteiger partial charge is 0.325 e. The van der Waals surface area contributed by atoms with E-state index in [1.807, 2.05) is 6.07 Å². The molecule has 4 rings (SSSR count). The zero-order valence-corrected chi connectivity index (χ0v) is 18.5. The molecule has 2 aromatic heterocycles. The first-order chi connectivity index (χ1) is 15.5. The standard InChI is InChI=1S/C21H22N8O2S/c1-14(30)24-15-3-5-16(6-4-15)31-20-25-18(26-21-23-13-17(12-22)32-21)11-19(27-20)29-9-7-28(2)8-10-29/h3-6,11,13H,7-10H2,1-2H3,(H,24,30)(H,23,25,26,27). The number of nitrogens with zero attached hydrogens (tertiary/aromatic N) is 6. The van der Waals surface area contributed by atoms with Gasteiger partial charge in [0.05, 0.1) is 6.20 Å². The van der Waals surface area contributed by atoms with E-state index >= 15 is 0 Å². The van der Waals surface area contributed by atoms with E-state index in [-0.39, 0.29) is 11.9 Å². The Morgan fingerprint density at radius 2 is 1.94 bits per heavy atom. The Morgan fingerprint density at radius 1 is 1.19 bits per heavy atom. The zero-order chi connectivity index (χ0) is 22.5. The van der Waals surface area contributed by atoms with Crippen LogP contribution in [0, 0.1) is 11.3 Å². The third kappa shape index (κ3) is 5.48. The molecule has 164 valence electrons. The second kappa shape index (κ2) is 9.59. The van der Waals surface area contributed by atoms with Gasteiger partial charge in [-0.05, 0) is 31.3 Å². The van der Waals surface area contributed by atoms with E-state index < -0.39 is 0 Å². The molecule has 0 atom stereocenters. The molecule has 0 spiro atoms. The molecule has 0 bridgehead atoms. The molecule has 1 aliphatic rings. The van der Waals surface area contributed by atoms with Crippen molar-refractivity contribution in [2.24, 2.45) is 0 Å². The maximum atomic E-state index is 11.2. The molecule has 0 saturated carbocycles. The largest absolute Gasteiger partial charge is 0.424 e. The van der Waals surface area contributed by atoms with Crippen molar-refractivity contribution < 1.29 is 9.53 Å². The van der Waals surface area contributed by atoms with Crippen LogP contribution in [0.5, 0.6) is 11.8 Å². The number of likely N-dealkylation sites (N-methyl/N-ethyl adjacent to an activating group) is 1. The molecule has 0 radical (unpaired) electrons. The maximum Gasteiger partial charge on any atom is 0.325 e.